The van der Waals surface area contributed by atoms with Crippen LogP contribution in [0.2, 0.25) is 0 Å². The Hall–Kier alpha value is -3.34. The van der Waals surface area contributed by atoms with Gasteiger partial charge in [0.05, 0.1) is 17.6 Å². The number of benzene rings is 1. The zero-order valence-corrected chi connectivity index (χ0v) is 15.4. The van der Waals surface area contributed by atoms with Gasteiger partial charge in [0.1, 0.15) is 5.69 Å². The molecule has 0 aliphatic rings. The van der Waals surface area contributed by atoms with Crippen molar-refractivity contribution in [3.8, 4) is 11.5 Å². The van der Waals surface area contributed by atoms with Crippen LogP contribution in [0.15, 0.2) is 64.4 Å². The van der Waals surface area contributed by atoms with Crippen LogP contribution in [0.25, 0.3) is 17.1 Å². The topological polar surface area (TPSA) is 85.3 Å². The van der Waals surface area contributed by atoms with E-state index in [9.17, 15) is 18.0 Å². The maximum absolute atomic E-state index is 12.8. The smallest absolute Gasteiger partial charge is 0.416 e. The Bertz CT molecular complexity index is 1160. The number of nitrogens with zero attached hydrogens (tertiary/aromatic N) is 4. The van der Waals surface area contributed by atoms with Gasteiger partial charge in [0.15, 0.2) is 11.4 Å². The second-order valence-electron chi connectivity index (χ2n) is 5.86. The van der Waals surface area contributed by atoms with Crippen LogP contribution in [0.3, 0.4) is 0 Å². The third-order valence-electron chi connectivity index (χ3n) is 3.81. The summed E-state index contributed by atoms with van der Waals surface area (Å²) in [7, 11) is 0. The van der Waals surface area contributed by atoms with Crippen LogP contribution in [0.5, 0.6) is 0 Å². The molecule has 1 amide bonds. The fourth-order valence-electron chi connectivity index (χ4n) is 2.52. The second kappa shape index (κ2) is 7.59. The highest BCUT2D eigenvalue weighted by molar-refractivity contribution is 7.99. The van der Waals surface area contributed by atoms with Gasteiger partial charge in [-0.15, -0.1) is 10.2 Å². The summed E-state index contributed by atoms with van der Waals surface area (Å²) >= 11 is 1.06. The normalized spacial score (nSPS) is 11.7. The fourth-order valence-corrected chi connectivity index (χ4v) is 3.20. The molecule has 0 spiro atoms. The van der Waals surface area contributed by atoms with Crippen LogP contribution in [0.4, 0.5) is 18.9 Å². The minimum atomic E-state index is -4.48. The molecule has 3 heterocycles. The van der Waals surface area contributed by atoms with Crippen molar-refractivity contribution in [3.05, 3.63) is 60.4 Å². The number of furan rings is 1. The number of hydrogen-bond acceptors (Lipinski definition) is 6. The molecule has 0 saturated heterocycles. The van der Waals surface area contributed by atoms with Gasteiger partial charge in [0.25, 0.3) is 0 Å². The summed E-state index contributed by atoms with van der Waals surface area (Å²) < 4.78 is 45.1. The SMILES string of the molecule is O=C(CSc1nnc2ccc(-c3ccco3)nn12)Nc1cccc(C(F)(F)F)c1. The lowest BCUT2D eigenvalue weighted by Crippen LogP contribution is -2.15. The average molecular weight is 419 g/mol. The maximum atomic E-state index is 12.8. The summed E-state index contributed by atoms with van der Waals surface area (Å²) in [6, 6.07) is 11.4. The quantitative estimate of drug-likeness (QED) is 0.490. The van der Waals surface area contributed by atoms with Crippen molar-refractivity contribution in [2.45, 2.75) is 11.3 Å². The van der Waals surface area contributed by atoms with Gasteiger partial charge >= 0.3 is 6.18 Å². The van der Waals surface area contributed by atoms with Gasteiger partial charge in [-0.2, -0.15) is 22.8 Å². The first-order chi connectivity index (χ1) is 13.9. The van der Waals surface area contributed by atoms with Crippen LogP contribution >= 0.6 is 11.8 Å². The zero-order valence-electron chi connectivity index (χ0n) is 14.6. The number of anilines is 1. The largest absolute Gasteiger partial charge is 0.463 e. The Labute approximate surface area is 165 Å². The van der Waals surface area contributed by atoms with Gasteiger partial charge in [-0.1, -0.05) is 17.8 Å². The Morgan fingerprint density at radius 3 is 2.76 bits per heavy atom. The summed E-state index contributed by atoms with van der Waals surface area (Å²) in [6.45, 7) is 0. The molecule has 0 saturated carbocycles. The number of thioether (sulfide) groups is 1. The fraction of sp³-hybridized carbons (Fsp3) is 0.111. The third-order valence-corrected chi connectivity index (χ3v) is 4.73. The number of carbonyl (C=O) groups is 1. The molecule has 0 aliphatic carbocycles. The first-order valence-corrected chi connectivity index (χ1v) is 9.25. The zero-order chi connectivity index (χ0) is 20.4. The Morgan fingerprint density at radius 2 is 2.00 bits per heavy atom. The third kappa shape index (κ3) is 4.24. The number of alkyl halides is 3. The van der Waals surface area contributed by atoms with Crippen LogP contribution in [-0.4, -0.2) is 31.5 Å². The van der Waals surface area contributed by atoms with Gasteiger partial charge in [-0.25, -0.2) is 0 Å². The molecule has 1 aromatic carbocycles. The summed E-state index contributed by atoms with van der Waals surface area (Å²) in [5.74, 6) is 0.0102. The number of carbonyl (C=O) groups excluding carboxylic acids is 1. The van der Waals surface area contributed by atoms with E-state index in [1.165, 1.54) is 22.9 Å². The molecule has 3 aromatic heterocycles. The molecule has 4 rings (SSSR count). The molecule has 29 heavy (non-hydrogen) atoms. The van der Waals surface area contributed by atoms with E-state index in [-0.39, 0.29) is 11.4 Å². The van der Waals surface area contributed by atoms with Crippen molar-refractivity contribution < 1.29 is 22.4 Å². The molecule has 0 aliphatic heterocycles. The molecule has 0 atom stereocenters. The number of fused-ring (bicyclic) bond motifs is 1. The van der Waals surface area contributed by atoms with Crippen LogP contribution in [0.1, 0.15) is 5.56 Å². The van der Waals surface area contributed by atoms with Gasteiger partial charge in [-0.05, 0) is 42.5 Å². The van der Waals surface area contributed by atoms with E-state index >= 15 is 0 Å². The van der Waals surface area contributed by atoms with Crippen molar-refractivity contribution in [3.63, 3.8) is 0 Å². The molecule has 11 heteroatoms. The highest BCUT2D eigenvalue weighted by atomic mass is 32.2. The average Bonchev–Trinajstić information content (AvgIpc) is 3.35. The van der Waals surface area contributed by atoms with E-state index in [2.05, 4.69) is 20.6 Å². The molecular formula is C18H12F3N5O2S. The highest BCUT2D eigenvalue weighted by Crippen LogP contribution is 2.30. The number of aromatic nitrogens is 4. The van der Waals surface area contributed by atoms with Crippen molar-refractivity contribution >= 4 is 29.0 Å². The minimum absolute atomic E-state index is 0.0646. The van der Waals surface area contributed by atoms with E-state index in [1.54, 1.807) is 24.3 Å². The monoisotopic (exact) mass is 419 g/mol. The van der Waals surface area contributed by atoms with Gasteiger partial charge < -0.3 is 9.73 Å². The molecule has 0 unspecified atom stereocenters. The summed E-state index contributed by atoms with van der Waals surface area (Å²) in [6.07, 6.45) is -2.95. The summed E-state index contributed by atoms with van der Waals surface area (Å²) in [5.41, 5.74) is 0.287. The van der Waals surface area contributed by atoms with Crippen molar-refractivity contribution in [1.29, 1.82) is 0 Å². The van der Waals surface area contributed by atoms with Gasteiger partial charge in [0, 0.05) is 5.69 Å². The molecular weight excluding hydrogens is 407 g/mol. The van der Waals surface area contributed by atoms with E-state index in [0.717, 1.165) is 23.9 Å². The predicted molar refractivity (Wildman–Crippen MR) is 99.3 cm³/mol. The summed E-state index contributed by atoms with van der Waals surface area (Å²) in [5, 5.41) is 15.2. The Morgan fingerprint density at radius 1 is 1.14 bits per heavy atom. The molecule has 0 fully saturated rings. The van der Waals surface area contributed by atoms with Gasteiger partial charge in [-0.3, -0.25) is 4.79 Å². The molecule has 0 bridgehead atoms. The number of amides is 1. The lowest BCUT2D eigenvalue weighted by Gasteiger charge is -2.09. The molecule has 1 N–H and O–H groups in total. The molecule has 4 aromatic rings. The number of rotatable bonds is 5. The number of nitrogens with one attached hydrogen (secondary N) is 1. The first-order valence-electron chi connectivity index (χ1n) is 8.26. The van der Waals surface area contributed by atoms with Crippen molar-refractivity contribution in [2.75, 3.05) is 11.1 Å². The number of halogens is 3. The van der Waals surface area contributed by atoms with Crippen LogP contribution in [-0.2, 0) is 11.0 Å². The lowest BCUT2D eigenvalue weighted by molar-refractivity contribution is -0.137. The van der Waals surface area contributed by atoms with E-state index in [1.807, 2.05) is 0 Å². The molecule has 148 valence electrons. The highest BCUT2D eigenvalue weighted by Gasteiger charge is 2.30. The molecule has 7 nitrogen and oxygen atoms in total. The Kier molecular flexibility index (Phi) is 4.97. The van der Waals surface area contributed by atoms with Crippen LogP contribution < -0.4 is 5.32 Å². The van der Waals surface area contributed by atoms with Crippen molar-refractivity contribution in [1.82, 2.24) is 19.8 Å². The summed E-state index contributed by atoms with van der Waals surface area (Å²) in [4.78, 5) is 12.2. The van der Waals surface area contributed by atoms with Gasteiger partial charge in [0.2, 0.25) is 11.1 Å². The predicted octanol–water partition coefficient (Wildman–Crippen LogP) is 4.13. The maximum Gasteiger partial charge on any atom is 0.416 e. The van der Waals surface area contributed by atoms with E-state index < -0.39 is 17.6 Å². The lowest BCUT2D eigenvalue weighted by atomic mass is 10.2. The first kappa shape index (κ1) is 19.0. The standard InChI is InChI=1S/C18H12F3N5O2S/c19-18(20,21)11-3-1-4-12(9-11)22-16(27)10-29-17-24-23-15-7-6-13(25-26(15)17)14-5-2-8-28-14/h1-9H,10H2,(H,22,27). The molecule has 0 radical (unpaired) electrons. The minimum Gasteiger partial charge on any atom is -0.463 e. The second-order valence-corrected chi connectivity index (χ2v) is 6.81. The van der Waals surface area contributed by atoms with E-state index in [0.29, 0.717) is 22.3 Å². The van der Waals surface area contributed by atoms with Crippen LogP contribution in [0, 0.1) is 0 Å². The number of hydrogen-bond donors (Lipinski definition) is 1. The van der Waals surface area contributed by atoms with Crippen molar-refractivity contribution in [2.24, 2.45) is 0 Å². The van der Waals surface area contributed by atoms with E-state index in [4.69, 9.17) is 4.42 Å². The Balaban J connectivity index is 1.46.